The standard InChI is InChI=1S/C32H30N2O8S2/c1-15-13-17(3)31(43(37,38)39)19(5)27(15)33-23-11-12-24(26-25(23)29(35)21-9-7-8-10-22(21)30(26)36)34-28-16(2)14-18(4)32(20(28)6)44(40,41)42/h7-14,33-34H,1-6H3,(H,37,38,39)(H,40,41,42)/p+1. The Kier molecular flexibility index (Phi) is 7.53. The van der Waals surface area contributed by atoms with E-state index in [0.29, 0.717) is 39.2 Å². The molecule has 1 aliphatic carbocycles. The van der Waals surface area contributed by atoms with E-state index in [2.05, 4.69) is 10.6 Å². The number of hydrogen-bond donors (Lipinski definition) is 3. The summed E-state index contributed by atoms with van der Waals surface area (Å²) in [5.41, 5.74) is 4.33. The highest BCUT2D eigenvalue weighted by atomic mass is 32.2. The van der Waals surface area contributed by atoms with Gasteiger partial charge in [0.1, 0.15) is 4.90 Å². The van der Waals surface area contributed by atoms with Crippen molar-refractivity contribution in [3.05, 3.63) is 104 Å². The highest BCUT2D eigenvalue weighted by Gasteiger charge is 2.35. The molecule has 4 aromatic rings. The fourth-order valence-electron chi connectivity index (χ4n) is 6.23. The van der Waals surface area contributed by atoms with Crippen LogP contribution in [-0.2, 0) is 20.2 Å². The van der Waals surface area contributed by atoms with Crippen LogP contribution < -0.4 is 10.6 Å². The van der Waals surface area contributed by atoms with E-state index >= 15 is 0 Å². The molecule has 44 heavy (non-hydrogen) atoms. The van der Waals surface area contributed by atoms with Gasteiger partial charge in [0.05, 0.1) is 22.5 Å². The molecule has 0 radical (unpaired) electrons. The highest BCUT2D eigenvalue weighted by Crippen LogP contribution is 2.42. The summed E-state index contributed by atoms with van der Waals surface area (Å²) in [6, 6.07) is 12.8. The minimum absolute atomic E-state index is 0.0437. The quantitative estimate of drug-likeness (QED) is 0.162. The first-order valence-electron chi connectivity index (χ1n) is 13.5. The summed E-state index contributed by atoms with van der Waals surface area (Å²) < 4.78 is 66.7. The van der Waals surface area contributed by atoms with E-state index in [1.54, 1.807) is 83.1 Å². The van der Waals surface area contributed by atoms with Gasteiger partial charge in [0.2, 0.25) is 0 Å². The van der Waals surface area contributed by atoms with Crippen LogP contribution in [-0.4, -0.2) is 37.5 Å². The molecule has 1 aliphatic rings. The number of anilines is 4. The normalized spacial score (nSPS) is 13.0. The van der Waals surface area contributed by atoms with Crippen molar-refractivity contribution in [2.24, 2.45) is 0 Å². The second-order valence-electron chi connectivity index (χ2n) is 11.0. The predicted molar refractivity (Wildman–Crippen MR) is 168 cm³/mol. The van der Waals surface area contributed by atoms with Crippen molar-refractivity contribution in [3.63, 3.8) is 0 Å². The zero-order valence-electron chi connectivity index (χ0n) is 24.8. The average molecular weight is 636 g/mol. The third-order valence-corrected chi connectivity index (χ3v) is 10.2. The smallest absolute Gasteiger partial charge is 0.354 e. The van der Waals surface area contributed by atoms with Crippen LogP contribution in [0.3, 0.4) is 0 Å². The van der Waals surface area contributed by atoms with Crippen molar-refractivity contribution in [1.82, 2.24) is 0 Å². The van der Waals surface area contributed by atoms with Crippen molar-refractivity contribution in [2.75, 3.05) is 10.6 Å². The molecule has 0 saturated carbocycles. The van der Waals surface area contributed by atoms with Gasteiger partial charge in [-0.25, -0.2) is 0 Å². The Labute approximate surface area is 255 Å². The molecule has 0 atom stereocenters. The molecular formula is C32H31N2O8S2+. The van der Waals surface area contributed by atoms with Crippen LogP contribution in [0.25, 0.3) is 0 Å². The lowest BCUT2D eigenvalue weighted by Crippen LogP contribution is -2.24. The number of benzene rings is 4. The van der Waals surface area contributed by atoms with Crippen LogP contribution in [0.5, 0.6) is 0 Å². The van der Waals surface area contributed by atoms with E-state index in [1.807, 2.05) is 0 Å². The van der Waals surface area contributed by atoms with Gasteiger partial charge in [0, 0.05) is 22.5 Å². The first-order valence-corrected chi connectivity index (χ1v) is 16.4. The van der Waals surface area contributed by atoms with Crippen LogP contribution in [0.1, 0.15) is 65.2 Å². The van der Waals surface area contributed by atoms with Gasteiger partial charge in [-0.05, 0) is 87.1 Å². The van der Waals surface area contributed by atoms with Crippen molar-refractivity contribution in [3.8, 4) is 0 Å². The lowest BCUT2D eigenvalue weighted by atomic mass is 9.82. The summed E-state index contributed by atoms with van der Waals surface area (Å²) in [6.45, 7) is 9.81. The number of carbonyl (C=O) groups excluding carboxylic acids is 2. The summed E-state index contributed by atoms with van der Waals surface area (Å²) >= 11 is 0. The molecule has 0 unspecified atom stereocenters. The lowest BCUT2D eigenvalue weighted by Gasteiger charge is -2.26. The number of aryl methyl sites for hydroxylation is 4. The van der Waals surface area contributed by atoms with Gasteiger partial charge in [0.25, 0.3) is 10.1 Å². The highest BCUT2D eigenvalue weighted by molar-refractivity contribution is 7.86. The first kappa shape index (κ1) is 31.1. The Hall–Kier alpha value is -4.36. The van der Waals surface area contributed by atoms with Gasteiger partial charge in [-0.2, -0.15) is 8.42 Å². The number of hydrogen-bond acceptors (Lipinski definition) is 8. The Morgan fingerprint density at radius 1 is 0.614 bits per heavy atom. The van der Waals surface area contributed by atoms with Crippen molar-refractivity contribution in [2.45, 2.75) is 51.3 Å². The minimum atomic E-state index is -4.57. The molecule has 0 amide bonds. The number of carbonyl (C=O) groups is 2. The molecule has 5 rings (SSSR count). The third kappa shape index (κ3) is 5.09. The maximum Gasteiger partial charge on any atom is 0.409 e. The summed E-state index contributed by atoms with van der Waals surface area (Å²) in [7, 11) is -8.89. The van der Waals surface area contributed by atoms with E-state index in [4.69, 9.17) is 4.55 Å². The number of ketones is 2. The molecule has 228 valence electrons. The fraction of sp³-hybridized carbons (Fsp3) is 0.188. The molecule has 0 bridgehead atoms. The van der Waals surface area contributed by atoms with Gasteiger partial charge in [-0.1, -0.05) is 36.4 Å². The molecule has 5 N–H and O–H groups in total. The third-order valence-electron chi connectivity index (χ3n) is 7.92. The van der Waals surface area contributed by atoms with Crippen LogP contribution in [0.15, 0.2) is 58.3 Å². The van der Waals surface area contributed by atoms with Crippen LogP contribution in [0.2, 0.25) is 0 Å². The molecule has 0 spiro atoms. The molecule has 0 saturated heterocycles. The topological polar surface area (TPSA) is 170 Å². The summed E-state index contributed by atoms with van der Waals surface area (Å²) in [5, 5.41) is 6.34. The van der Waals surface area contributed by atoms with Crippen molar-refractivity contribution < 1.29 is 35.5 Å². The number of rotatable bonds is 6. The zero-order valence-corrected chi connectivity index (χ0v) is 26.5. The van der Waals surface area contributed by atoms with Gasteiger partial charge in [-0.15, -0.1) is 8.42 Å². The van der Waals surface area contributed by atoms with Crippen molar-refractivity contribution >= 4 is 54.6 Å². The lowest BCUT2D eigenvalue weighted by molar-refractivity contribution is 0.0980. The molecule has 4 aromatic carbocycles. The SMILES string of the molecule is Cc1cc(C)c(S(=O)(=O)O)c(C)c1Nc1ccc(Nc2c(C)cc(C)c(S(=O)(=O)[OH2+])c2C)c2c1C(=O)c1ccccc1C2=O. The van der Waals surface area contributed by atoms with E-state index in [0.717, 1.165) is 0 Å². The second-order valence-corrected chi connectivity index (χ2v) is 13.8. The summed E-state index contributed by atoms with van der Waals surface area (Å²) in [5.74, 6) is -0.876. The van der Waals surface area contributed by atoms with E-state index < -0.39 is 31.8 Å². The average Bonchev–Trinajstić information content (AvgIpc) is 2.90. The van der Waals surface area contributed by atoms with Crippen molar-refractivity contribution in [1.29, 1.82) is 0 Å². The Morgan fingerprint density at radius 3 is 1.39 bits per heavy atom. The molecule has 0 heterocycles. The molecule has 0 aromatic heterocycles. The summed E-state index contributed by atoms with van der Waals surface area (Å²) in [6.07, 6.45) is 0. The minimum Gasteiger partial charge on any atom is -0.354 e. The molecular weight excluding hydrogens is 604 g/mol. The number of nitrogens with one attached hydrogen (secondary N) is 2. The van der Waals surface area contributed by atoms with Gasteiger partial charge in [0.15, 0.2) is 16.5 Å². The zero-order chi connectivity index (χ0) is 32.5. The second kappa shape index (κ2) is 10.7. The Morgan fingerprint density at radius 2 is 1.00 bits per heavy atom. The molecule has 0 fully saturated rings. The Bertz CT molecular complexity index is 2020. The summed E-state index contributed by atoms with van der Waals surface area (Å²) in [4.78, 5) is 27.6. The van der Waals surface area contributed by atoms with E-state index in [-0.39, 0.29) is 49.0 Å². The maximum absolute atomic E-state index is 14.0. The maximum atomic E-state index is 14.0. The largest absolute Gasteiger partial charge is 0.409 e. The molecule has 0 aliphatic heterocycles. The van der Waals surface area contributed by atoms with E-state index in [9.17, 15) is 31.0 Å². The fourth-order valence-corrected chi connectivity index (χ4v) is 8.17. The molecule has 10 nitrogen and oxygen atoms in total. The van der Waals surface area contributed by atoms with Gasteiger partial charge >= 0.3 is 10.1 Å². The van der Waals surface area contributed by atoms with Crippen LogP contribution >= 0.6 is 0 Å². The monoisotopic (exact) mass is 635 g/mol. The molecule has 12 heteroatoms. The Balaban J connectivity index is 1.76. The predicted octanol–water partition coefficient (Wildman–Crippen LogP) is 5.46. The van der Waals surface area contributed by atoms with Crippen LogP contribution in [0.4, 0.5) is 22.7 Å². The van der Waals surface area contributed by atoms with Gasteiger partial charge < -0.3 is 15.2 Å². The van der Waals surface area contributed by atoms with Crippen LogP contribution in [0, 0.1) is 41.5 Å². The van der Waals surface area contributed by atoms with Gasteiger partial charge in [-0.3, -0.25) is 14.1 Å². The number of fused-ring (bicyclic) bond motifs is 2. The van der Waals surface area contributed by atoms with E-state index in [1.165, 1.54) is 6.92 Å². The first-order chi connectivity index (χ1) is 20.4.